The number of hydrogen-bond acceptors (Lipinski definition) is 2. The van der Waals surface area contributed by atoms with Gasteiger partial charge in [-0.2, -0.15) is 0 Å². The van der Waals surface area contributed by atoms with Crippen molar-refractivity contribution in [1.29, 1.82) is 0 Å². The van der Waals surface area contributed by atoms with Gasteiger partial charge in [0.05, 0.1) is 16.1 Å². The van der Waals surface area contributed by atoms with E-state index in [9.17, 15) is 4.79 Å². The van der Waals surface area contributed by atoms with Gasteiger partial charge in [-0.05, 0) is 15.9 Å². The molecule has 0 amide bonds. The van der Waals surface area contributed by atoms with Gasteiger partial charge in [0.25, 0.3) is 5.56 Å². The number of nitrogens with two attached hydrogens (primary N) is 1. The quantitative estimate of drug-likeness (QED) is 0.717. The SMILES string of the molecule is Nc1c(Br)c(=O)[nH]n1Br. The molecule has 0 spiro atoms. The zero-order valence-corrected chi connectivity index (χ0v) is 7.36. The van der Waals surface area contributed by atoms with Gasteiger partial charge >= 0.3 is 0 Å². The molecule has 3 N–H and O–H groups in total. The molecule has 0 aliphatic rings. The van der Waals surface area contributed by atoms with E-state index in [0.717, 1.165) is 0 Å². The molecule has 0 saturated carbocycles. The van der Waals surface area contributed by atoms with Gasteiger partial charge < -0.3 is 5.73 Å². The van der Waals surface area contributed by atoms with Crippen molar-refractivity contribution in [3.63, 3.8) is 0 Å². The molecule has 1 aromatic rings. The Balaban J connectivity index is 3.47. The number of hydrogen-bond donors (Lipinski definition) is 2. The number of nitrogens with zero attached hydrogens (tertiary/aromatic N) is 1. The largest absolute Gasteiger partial charge is 0.382 e. The third-order valence-electron chi connectivity index (χ3n) is 0.835. The highest BCUT2D eigenvalue weighted by molar-refractivity contribution is 9.10. The van der Waals surface area contributed by atoms with E-state index in [1.54, 1.807) is 0 Å². The van der Waals surface area contributed by atoms with Gasteiger partial charge in [0.15, 0.2) is 0 Å². The Morgan fingerprint density at radius 1 is 1.67 bits per heavy atom. The predicted molar refractivity (Wildman–Crippen MR) is 41.5 cm³/mol. The second kappa shape index (κ2) is 2.18. The van der Waals surface area contributed by atoms with E-state index < -0.39 is 0 Å². The number of aromatic nitrogens is 2. The van der Waals surface area contributed by atoms with Crippen LogP contribution < -0.4 is 11.3 Å². The molecule has 9 heavy (non-hydrogen) atoms. The molecule has 0 aromatic carbocycles. The minimum absolute atomic E-state index is 0.246. The summed E-state index contributed by atoms with van der Waals surface area (Å²) in [7, 11) is 0. The second-order valence-corrected chi connectivity index (χ2v) is 2.92. The summed E-state index contributed by atoms with van der Waals surface area (Å²) in [6.45, 7) is 0. The van der Waals surface area contributed by atoms with Crippen LogP contribution >= 0.6 is 32.1 Å². The van der Waals surface area contributed by atoms with Gasteiger partial charge in [-0.15, -0.1) is 0 Å². The molecule has 1 aromatic heterocycles. The van der Waals surface area contributed by atoms with Gasteiger partial charge in [-0.1, -0.05) is 0 Å². The van der Waals surface area contributed by atoms with Crippen molar-refractivity contribution in [3.8, 4) is 0 Å². The van der Waals surface area contributed by atoms with Crippen LogP contribution in [0, 0.1) is 0 Å². The van der Waals surface area contributed by atoms with Crippen LogP contribution in [0.2, 0.25) is 0 Å². The molecule has 6 heteroatoms. The first-order chi connectivity index (χ1) is 4.13. The maximum Gasteiger partial charge on any atom is 0.281 e. The molecule has 0 fully saturated rings. The Morgan fingerprint density at radius 3 is 2.33 bits per heavy atom. The molecule has 50 valence electrons. The van der Waals surface area contributed by atoms with E-state index >= 15 is 0 Å². The lowest BCUT2D eigenvalue weighted by atomic mass is 10.7. The standard InChI is InChI=1S/C3H3Br2N3O/c4-1-2(6)8(5)7-3(1)9/h6H2,(H,7,9). The summed E-state index contributed by atoms with van der Waals surface area (Å²) >= 11 is 5.95. The number of anilines is 1. The molecule has 0 radical (unpaired) electrons. The summed E-state index contributed by atoms with van der Waals surface area (Å²) < 4.78 is 1.61. The molecule has 0 aliphatic carbocycles. The summed E-state index contributed by atoms with van der Waals surface area (Å²) in [5.41, 5.74) is 5.09. The summed E-state index contributed by atoms with van der Waals surface area (Å²) in [4.78, 5) is 10.6. The monoisotopic (exact) mass is 255 g/mol. The minimum atomic E-state index is -0.246. The first-order valence-corrected chi connectivity index (χ1v) is 3.55. The van der Waals surface area contributed by atoms with Crippen molar-refractivity contribution < 1.29 is 0 Å². The fraction of sp³-hybridized carbons (Fsp3) is 0. The molecular formula is C3H3Br2N3O. The number of rotatable bonds is 0. The normalized spacial score (nSPS) is 10.0. The Hall–Kier alpha value is -0.230. The smallest absolute Gasteiger partial charge is 0.281 e. The summed E-state index contributed by atoms with van der Waals surface area (Å²) in [5, 5.41) is 2.38. The highest BCUT2D eigenvalue weighted by atomic mass is 79.9. The molecule has 0 aliphatic heterocycles. The van der Waals surface area contributed by atoms with Crippen LogP contribution in [-0.4, -0.2) is 8.81 Å². The van der Waals surface area contributed by atoms with E-state index in [1.165, 1.54) is 3.71 Å². The third kappa shape index (κ3) is 1.04. The lowest BCUT2D eigenvalue weighted by molar-refractivity contribution is 1.01. The number of aromatic amines is 1. The Kier molecular flexibility index (Phi) is 1.67. The highest BCUT2D eigenvalue weighted by Crippen LogP contribution is 2.14. The van der Waals surface area contributed by atoms with E-state index in [0.29, 0.717) is 10.3 Å². The first kappa shape index (κ1) is 6.88. The fourth-order valence-corrected chi connectivity index (χ4v) is 1.24. The molecule has 0 saturated heterocycles. The Morgan fingerprint density at radius 2 is 2.22 bits per heavy atom. The van der Waals surface area contributed by atoms with Crippen LogP contribution in [0.3, 0.4) is 0 Å². The first-order valence-electron chi connectivity index (χ1n) is 2.05. The maximum absolute atomic E-state index is 10.6. The van der Waals surface area contributed by atoms with Gasteiger partial charge in [0.2, 0.25) is 0 Å². The van der Waals surface area contributed by atoms with Crippen molar-refractivity contribution in [3.05, 3.63) is 14.8 Å². The zero-order valence-electron chi connectivity index (χ0n) is 4.19. The molecule has 1 rings (SSSR count). The van der Waals surface area contributed by atoms with Crippen molar-refractivity contribution >= 4 is 37.9 Å². The maximum atomic E-state index is 10.6. The van der Waals surface area contributed by atoms with Crippen LogP contribution in [0.4, 0.5) is 5.82 Å². The van der Waals surface area contributed by atoms with Gasteiger partial charge in [0, 0.05) is 0 Å². The number of H-pyrrole nitrogens is 1. The van der Waals surface area contributed by atoms with Crippen molar-refractivity contribution in [2.45, 2.75) is 0 Å². The molecule has 1 heterocycles. The van der Waals surface area contributed by atoms with Gasteiger partial charge in [-0.25, -0.2) is 3.71 Å². The molecule has 0 atom stereocenters. The summed E-state index contributed by atoms with van der Waals surface area (Å²) in [5.74, 6) is 0.333. The van der Waals surface area contributed by atoms with Gasteiger partial charge in [-0.3, -0.25) is 9.89 Å². The minimum Gasteiger partial charge on any atom is -0.382 e. The van der Waals surface area contributed by atoms with E-state index in [1.807, 2.05) is 0 Å². The van der Waals surface area contributed by atoms with Crippen LogP contribution in [0.25, 0.3) is 0 Å². The molecular weight excluding hydrogens is 254 g/mol. The van der Waals surface area contributed by atoms with Crippen molar-refractivity contribution in [1.82, 2.24) is 8.81 Å². The number of nitrogen functional groups attached to an aromatic ring is 1. The Bertz CT molecular complexity index is 275. The number of nitrogens with one attached hydrogen (secondary N) is 1. The third-order valence-corrected chi connectivity index (χ3v) is 2.16. The average Bonchev–Trinajstić information content (AvgIpc) is 1.98. The zero-order chi connectivity index (χ0) is 7.02. The lowest BCUT2D eigenvalue weighted by Gasteiger charge is -1.87. The fourth-order valence-electron chi connectivity index (χ4n) is 0.401. The topological polar surface area (TPSA) is 63.8 Å². The van der Waals surface area contributed by atoms with Crippen LogP contribution in [-0.2, 0) is 0 Å². The van der Waals surface area contributed by atoms with Crippen LogP contribution in [0.5, 0.6) is 0 Å². The molecule has 0 bridgehead atoms. The second-order valence-electron chi connectivity index (χ2n) is 1.42. The highest BCUT2D eigenvalue weighted by Gasteiger charge is 2.04. The lowest BCUT2D eigenvalue weighted by Crippen LogP contribution is -1.99. The van der Waals surface area contributed by atoms with E-state index in [-0.39, 0.29) is 5.56 Å². The molecule has 4 nitrogen and oxygen atoms in total. The average molecular weight is 257 g/mol. The van der Waals surface area contributed by atoms with Crippen molar-refractivity contribution in [2.24, 2.45) is 0 Å². The van der Waals surface area contributed by atoms with E-state index in [2.05, 4.69) is 37.2 Å². The van der Waals surface area contributed by atoms with Gasteiger partial charge in [0.1, 0.15) is 10.3 Å². The Labute approximate surface area is 67.5 Å². The van der Waals surface area contributed by atoms with E-state index in [4.69, 9.17) is 5.73 Å². The van der Waals surface area contributed by atoms with Crippen molar-refractivity contribution in [2.75, 3.05) is 5.73 Å². The van der Waals surface area contributed by atoms with Crippen LogP contribution in [0.1, 0.15) is 0 Å². The predicted octanol–water partition coefficient (Wildman–Crippen LogP) is 0.679. The van der Waals surface area contributed by atoms with Crippen LogP contribution in [0.15, 0.2) is 9.27 Å². The number of halogens is 2. The summed E-state index contributed by atoms with van der Waals surface area (Å²) in [6.07, 6.45) is 0. The summed E-state index contributed by atoms with van der Waals surface area (Å²) in [6, 6.07) is 0. The molecule has 0 unspecified atom stereocenters.